The Morgan fingerprint density at radius 1 is 0.880 bits per heavy atom. The molecule has 4 aliphatic heterocycles. The van der Waals surface area contributed by atoms with E-state index in [0.29, 0.717) is 36.9 Å². The number of nitrogens with zero attached hydrogens (tertiary/aromatic N) is 3. The average Bonchev–Trinajstić information content (AvgIpc) is 3.81. The Morgan fingerprint density at radius 3 is 2.32 bits per heavy atom. The molecule has 3 saturated heterocycles. The SMILES string of the molecule is COc1ccc2c(c1)C1CC1(C(=O)N1CC3CCC1CN3C)Cn1c-2c(C2CCCCC2)c2ccc(C(=O)NS(=O)(=O)C3CCCCC3)cc21. The number of piperidine rings is 2. The van der Waals surface area contributed by atoms with E-state index in [9.17, 15) is 18.0 Å². The molecule has 3 saturated carbocycles. The fourth-order valence-electron chi connectivity index (χ4n) is 10.6. The number of likely N-dealkylation sites (N-methyl/N-ethyl adjacent to an activating group) is 1. The van der Waals surface area contributed by atoms with Gasteiger partial charge in [-0.1, -0.05) is 44.6 Å². The van der Waals surface area contributed by atoms with Crippen LogP contribution in [0.4, 0.5) is 0 Å². The van der Waals surface area contributed by atoms with Crippen LogP contribution in [-0.4, -0.2) is 79.2 Å². The van der Waals surface area contributed by atoms with Crippen LogP contribution in [0.15, 0.2) is 36.4 Å². The van der Waals surface area contributed by atoms with Crippen molar-refractivity contribution in [1.29, 1.82) is 0 Å². The highest BCUT2D eigenvalue weighted by Crippen LogP contribution is 2.66. The molecule has 5 heterocycles. The van der Waals surface area contributed by atoms with Crippen LogP contribution in [0.25, 0.3) is 22.2 Å². The number of hydrogen-bond acceptors (Lipinski definition) is 6. The van der Waals surface area contributed by atoms with Crippen molar-refractivity contribution in [2.75, 3.05) is 27.2 Å². The molecule has 4 unspecified atom stereocenters. The van der Waals surface area contributed by atoms with Gasteiger partial charge in [-0.05, 0) is 99.4 Å². The number of rotatable bonds is 6. The van der Waals surface area contributed by atoms with Gasteiger partial charge < -0.3 is 14.2 Å². The predicted octanol–water partition coefficient (Wildman–Crippen LogP) is 6.55. The van der Waals surface area contributed by atoms with E-state index in [2.05, 4.69) is 38.3 Å². The summed E-state index contributed by atoms with van der Waals surface area (Å²) in [5.41, 5.74) is 5.51. The highest BCUT2D eigenvalue weighted by atomic mass is 32.2. The molecule has 7 aliphatic rings. The van der Waals surface area contributed by atoms with E-state index in [-0.39, 0.29) is 17.9 Å². The van der Waals surface area contributed by atoms with Crippen LogP contribution < -0.4 is 9.46 Å². The van der Waals surface area contributed by atoms with Crippen molar-refractivity contribution >= 4 is 32.7 Å². The number of carbonyl (C=O) groups is 2. The lowest BCUT2D eigenvalue weighted by atomic mass is 9.81. The molecule has 3 aromatic rings. The van der Waals surface area contributed by atoms with Crippen molar-refractivity contribution in [1.82, 2.24) is 19.1 Å². The number of aromatic nitrogens is 1. The molecule has 1 N–H and O–H groups in total. The topological polar surface area (TPSA) is 101 Å². The number of amides is 2. The molecule has 4 atom stereocenters. The maximum absolute atomic E-state index is 15.0. The van der Waals surface area contributed by atoms with Gasteiger partial charge in [0.2, 0.25) is 15.9 Å². The number of fused-ring (bicyclic) bond motifs is 10. The number of nitrogens with one attached hydrogen (secondary N) is 1. The van der Waals surface area contributed by atoms with E-state index in [1.54, 1.807) is 13.2 Å². The third kappa shape index (κ3) is 5.13. The fourth-order valence-corrected chi connectivity index (χ4v) is 12.1. The molecule has 10 rings (SSSR count). The lowest BCUT2D eigenvalue weighted by Gasteiger charge is -2.51. The highest BCUT2D eigenvalue weighted by Gasteiger charge is 2.65. The standard InChI is InChI=1S/C40H50N4O5S/c1-42-22-28-15-14-27(42)23-43(28)39(46)40-21-34(40)33-20-29(49-2)16-18-31(33)37-36(25-9-5-3-6-10-25)32-17-13-26(19-35(32)44(37)24-40)38(45)41-50(47,48)30-11-7-4-8-12-30/h13,16-20,25,27-28,30,34H,3-12,14-15,21-24H2,1-2H3,(H,41,45). The normalized spacial score (nSPS) is 28.4. The number of hydrogen-bond donors (Lipinski definition) is 1. The molecule has 9 nitrogen and oxygen atoms in total. The van der Waals surface area contributed by atoms with Gasteiger partial charge in [-0.2, -0.15) is 0 Å². The molecule has 0 spiro atoms. The number of carbonyl (C=O) groups excluding carboxylic acids is 2. The van der Waals surface area contributed by atoms with Crippen LogP contribution in [0.2, 0.25) is 0 Å². The molecule has 0 radical (unpaired) electrons. The Kier molecular flexibility index (Phi) is 7.88. The zero-order valence-electron chi connectivity index (χ0n) is 29.5. The first-order chi connectivity index (χ1) is 24.2. The summed E-state index contributed by atoms with van der Waals surface area (Å²) in [4.78, 5) is 33.4. The predicted molar refractivity (Wildman–Crippen MR) is 194 cm³/mol. The van der Waals surface area contributed by atoms with Gasteiger partial charge in [-0.25, -0.2) is 13.1 Å². The summed E-state index contributed by atoms with van der Waals surface area (Å²) in [5.74, 6) is 0.949. The summed E-state index contributed by atoms with van der Waals surface area (Å²) >= 11 is 0. The summed E-state index contributed by atoms with van der Waals surface area (Å²) in [5, 5.41) is 0.586. The highest BCUT2D eigenvalue weighted by molar-refractivity contribution is 7.90. The molecular formula is C40H50N4O5S. The van der Waals surface area contributed by atoms with Gasteiger partial charge in [0.15, 0.2) is 0 Å². The van der Waals surface area contributed by atoms with Gasteiger partial charge in [-0.15, -0.1) is 0 Å². The van der Waals surface area contributed by atoms with Crippen LogP contribution in [0.3, 0.4) is 0 Å². The summed E-state index contributed by atoms with van der Waals surface area (Å²) in [6.07, 6.45) is 12.8. The van der Waals surface area contributed by atoms with Gasteiger partial charge in [0.05, 0.1) is 23.5 Å². The molecule has 2 amide bonds. The van der Waals surface area contributed by atoms with Crippen molar-refractivity contribution in [3.8, 4) is 17.0 Å². The molecule has 10 heteroatoms. The summed E-state index contributed by atoms with van der Waals surface area (Å²) in [6.45, 7) is 2.25. The maximum Gasteiger partial charge on any atom is 0.264 e. The zero-order valence-corrected chi connectivity index (χ0v) is 30.3. The Labute approximate surface area is 295 Å². The minimum absolute atomic E-state index is 0.0829. The van der Waals surface area contributed by atoms with Gasteiger partial charge in [0.1, 0.15) is 5.75 Å². The first kappa shape index (κ1) is 32.5. The largest absolute Gasteiger partial charge is 0.497 e. The van der Waals surface area contributed by atoms with Crippen molar-refractivity contribution in [3.05, 3.63) is 53.1 Å². The number of benzene rings is 2. The van der Waals surface area contributed by atoms with Crippen molar-refractivity contribution in [2.45, 2.75) is 119 Å². The van der Waals surface area contributed by atoms with Crippen molar-refractivity contribution in [3.63, 3.8) is 0 Å². The average molecular weight is 699 g/mol. The van der Waals surface area contributed by atoms with E-state index in [4.69, 9.17) is 4.74 Å². The third-order valence-electron chi connectivity index (χ3n) is 13.5. The molecule has 50 heavy (non-hydrogen) atoms. The summed E-state index contributed by atoms with van der Waals surface area (Å²) in [6, 6.07) is 12.8. The number of piperazine rings is 1. The Bertz CT molecular complexity index is 1980. The fraction of sp³-hybridized carbons (Fsp3) is 0.600. The van der Waals surface area contributed by atoms with Gasteiger partial charge >= 0.3 is 0 Å². The first-order valence-electron chi connectivity index (χ1n) is 19.1. The van der Waals surface area contributed by atoms with E-state index >= 15 is 0 Å². The second kappa shape index (κ2) is 12.1. The third-order valence-corrected chi connectivity index (χ3v) is 15.3. The van der Waals surface area contributed by atoms with E-state index in [1.165, 1.54) is 30.4 Å². The van der Waals surface area contributed by atoms with Crippen LogP contribution >= 0.6 is 0 Å². The monoisotopic (exact) mass is 698 g/mol. The van der Waals surface area contributed by atoms with E-state index in [1.807, 2.05) is 18.2 Å². The Balaban J connectivity index is 1.18. The van der Waals surface area contributed by atoms with Crippen molar-refractivity contribution < 1.29 is 22.7 Å². The van der Waals surface area contributed by atoms with Crippen LogP contribution in [-0.2, 0) is 21.4 Å². The van der Waals surface area contributed by atoms with Crippen LogP contribution in [0, 0.1) is 5.41 Å². The van der Waals surface area contributed by atoms with Crippen molar-refractivity contribution in [2.24, 2.45) is 5.41 Å². The molecule has 2 bridgehead atoms. The number of methoxy groups -OCH3 is 1. The smallest absolute Gasteiger partial charge is 0.264 e. The molecule has 6 fully saturated rings. The molecular weight excluding hydrogens is 649 g/mol. The van der Waals surface area contributed by atoms with E-state index < -0.39 is 26.6 Å². The summed E-state index contributed by atoms with van der Waals surface area (Å²) < 4.78 is 37.2. The maximum atomic E-state index is 15.0. The van der Waals surface area contributed by atoms with Gasteiger partial charge in [0.25, 0.3) is 5.91 Å². The van der Waals surface area contributed by atoms with Crippen LogP contribution in [0.5, 0.6) is 5.75 Å². The lowest BCUT2D eigenvalue weighted by Crippen LogP contribution is -2.64. The Hall–Kier alpha value is -3.37. The van der Waals surface area contributed by atoms with Crippen LogP contribution in [0.1, 0.15) is 117 Å². The minimum atomic E-state index is -3.78. The number of ether oxygens (including phenoxy) is 1. The quantitative estimate of drug-likeness (QED) is 0.314. The second-order valence-electron chi connectivity index (χ2n) is 16.3. The Morgan fingerprint density at radius 2 is 1.62 bits per heavy atom. The zero-order chi connectivity index (χ0) is 34.4. The minimum Gasteiger partial charge on any atom is -0.497 e. The number of sulfonamides is 1. The molecule has 2 aromatic carbocycles. The van der Waals surface area contributed by atoms with Gasteiger partial charge in [-0.3, -0.25) is 14.5 Å². The summed E-state index contributed by atoms with van der Waals surface area (Å²) in [7, 11) is 0.108. The molecule has 3 aliphatic carbocycles. The van der Waals surface area contributed by atoms with E-state index in [0.717, 1.165) is 92.4 Å². The lowest BCUT2D eigenvalue weighted by molar-refractivity contribution is -0.147. The molecule has 266 valence electrons. The first-order valence-corrected chi connectivity index (χ1v) is 20.6. The molecule has 1 aromatic heterocycles. The van der Waals surface area contributed by atoms with Gasteiger partial charge in [0, 0.05) is 59.7 Å². The second-order valence-corrected chi connectivity index (χ2v) is 18.3.